The molecule has 0 fully saturated rings. The number of hydrogen-bond acceptors (Lipinski definition) is 4. The zero-order chi connectivity index (χ0) is 13.0. The second-order valence-corrected chi connectivity index (χ2v) is 3.26. The van der Waals surface area contributed by atoms with Gasteiger partial charge in [0.25, 0.3) is 0 Å². The van der Waals surface area contributed by atoms with E-state index in [4.69, 9.17) is 4.74 Å². The number of nitrogens with one attached hydrogen (secondary N) is 3. The fourth-order valence-corrected chi connectivity index (χ4v) is 1.20. The summed E-state index contributed by atoms with van der Waals surface area (Å²) in [5.41, 5.74) is 0.459. The van der Waals surface area contributed by atoms with Gasteiger partial charge in [0.2, 0.25) is 5.95 Å². The molecule has 0 saturated carbocycles. The van der Waals surface area contributed by atoms with Gasteiger partial charge < -0.3 is 10.1 Å². The van der Waals surface area contributed by atoms with E-state index >= 15 is 0 Å². The molecule has 0 saturated heterocycles. The molecule has 0 radical (unpaired) electrons. The Balaban J connectivity index is 1.94. The van der Waals surface area contributed by atoms with Crippen LogP contribution in [0.4, 0.5) is 20.8 Å². The Labute approximate surface area is 101 Å². The van der Waals surface area contributed by atoms with E-state index in [-0.39, 0.29) is 17.8 Å². The van der Waals surface area contributed by atoms with Gasteiger partial charge in [-0.25, -0.2) is 14.3 Å². The van der Waals surface area contributed by atoms with E-state index in [0.717, 1.165) is 0 Å². The summed E-state index contributed by atoms with van der Waals surface area (Å²) in [4.78, 5) is 15.3. The Morgan fingerprint density at radius 1 is 1.33 bits per heavy atom. The van der Waals surface area contributed by atoms with Gasteiger partial charge in [-0.2, -0.15) is 4.98 Å². The van der Waals surface area contributed by atoms with Crippen molar-refractivity contribution in [2.24, 2.45) is 0 Å². The highest BCUT2D eigenvalue weighted by Gasteiger charge is 2.07. The summed E-state index contributed by atoms with van der Waals surface area (Å²) in [5.74, 6) is -0.229. The van der Waals surface area contributed by atoms with Crippen molar-refractivity contribution in [2.75, 3.05) is 17.7 Å². The Morgan fingerprint density at radius 3 is 2.67 bits per heavy atom. The molecule has 3 N–H and O–H groups in total. The number of carbonyl (C=O) groups excluding carboxylic acids is 1. The first-order chi connectivity index (χ1) is 8.67. The molecule has 7 nitrogen and oxygen atoms in total. The van der Waals surface area contributed by atoms with Gasteiger partial charge in [-0.05, 0) is 24.3 Å². The third-order valence-corrected chi connectivity index (χ3v) is 1.98. The van der Waals surface area contributed by atoms with Crippen molar-refractivity contribution in [2.45, 2.75) is 0 Å². The predicted molar refractivity (Wildman–Crippen MR) is 62.0 cm³/mol. The van der Waals surface area contributed by atoms with Crippen molar-refractivity contribution in [1.82, 2.24) is 15.2 Å². The number of aromatic nitrogens is 3. The quantitative estimate of drug-likeness (QED) is 0.772. The zero-order valence-corrected chi connectivity index (χ0v) is 9.40. The Hall–Kier alpha value is -2.64. The van der Waals surface area contributed by atoms with Gasteiger partial charge in [-0.3, -0.25) is 5.32 Å². The molecule has 94 valence electrons. The Kier molecular flexibility index (Phi) is 3.37. The molecule has 2 aromatic rings. The van der Waals surface area contributed by atoms with Crippen molar-refractivity contribution < 1.29 is 13.9 Å². The fourth-order valence-electron chi connectivity index (χ4n) is 1.20. The minimum atomic E-state index is -0.527. The van der Waals surface area contributed by atoms with E-state index < -0.39 is 6.03 Å². The Morgan fingerprint density at radius 2 is 2.06 bits per heavy atom. The minimum Gasteiger partial charge on any atom is -0.466 e. The number of H-pyrrole nitrogens is 1. The summed E-state index contributed by atoms with van der Waals surface area (Å²) in [5, 5.41) is 11.0. The number of aromatic amines is 1. The molecule has 1 aromatic heterocycles. The van der Waals surface area contributed by atoms with Gasteiger partial charge in [0.1, 0.15) is 5.82 Å². The van der Waals surface area contributed by atoms with Gasteiger partial charge in [0, 0.05) is 5.69 Å². The topological polar surface area (TPSA) is 91.9 Å². The summed E-state index contributed by atoms with van der Waals surface area (Å²) < 4.78 is 17.4. The van der Waals surface area contributed by atoms with Crippen molar-refractivity contribution in [3.05, 3.63) is 30.1 Å². The van der Waals surface area contributed by atoms with E-state index in [9.17, 15) is 9.18 Å². The van der Waals surface area contributed by atoms with Crippen LogP contribution >= 0.6 is 0 Å². The molecule has 0 atom stereocenters. The summed E-state index contributed by atoms with van der Waals surface area (Å²) in [6.07, 6.45) is 0. The minimum absolute atomic E-state index is 0.118. The van der Waals surface area contributed by atoms with E-state index in [1.165, 1.54) is 31.4 Å². The molecule has 0 unspecified atom stereocenters. The molecule has 0 aliphatic rings. The molecule has 2 rings (SSSR count). The first kappa shape index (κ1) is 11.8. The number of methoxy groups -OCH3 is 1. The van der Waals surface area contributed by atoms with Crippen LogP contribution < -0.4 is 15.4 Å². The third-order valence-electron chi connectivity index (χ3n) is 1.98. The van der Waals surface area contributed by atoms with Gasteiger partial charge in [-0.1, -0.05) is 0 Å². The number of anilines is 2. The van der Waals surface area contributed by atoms with Crippen LogP contribution in [0.15, 0.2) is 24.3 Å². The van der Waals surface area contributed by atoms with Gasteiger partial charge in [0.05, 0.1) is 7.11 Å². The number of urea groups is 1. The lowest BCUT2D eigenvalue weighted by atomic mass is 10.3. The maximum Gasteiger partial charge on any atom is 0.336 e. The maximum atomic E-state index is 12.6. The zero-order valence-electron chi connectivity index (χ0n) is 9.40. The molecule has 0 aliphatic carbocycles. The van der Waals surface area contributed by atoms with Crippen LogP contribution in [0.1, 0.15) is 0 Å². The van der Waals surface area contributed by atoms with Crippen LogP contribution in [-0.4, -0.2) is 28.3 Å². The second kappa shape index (κ2) is 5.13. The van der Waals surface area contributed by atoms with Crippen molar-refractivity contribution in [3.63, 3.8) is 0 Å². The molecule has 0 aliphatic heterocycles. The molecule has 1 aromatic carbocycles. The van der Waals surface area contributed by atoms with Crippen LogP contribution in [0, 0.1) is 5.82 Å². The number of carbonyl (C=O) groups is 1. The van der Waals surface area contributed by atoms with E-state index in [0.29, 0.717) is 5.69 Å². The fraction of sp³-hybridized carbons (Fsp3) is 0.100. The van der Waals surface area contributed by atoms with Crippen LogP contribution in [-0.2, 0) is 0 Å². The van der Waals surface area contributed by atoms with E-state index in [1.807, 2.05) is 0 Å². The standard InChI is InChI=1S/C10H10FN5O2/c1-18-10-14-8(15-16-10)13-9(17)12-7-4-2-6(11)3-5-7/h2-5H,1H3,(H3,12,13,14,15,16,17). The lowest BCUT2D eigenvalue weighted by Gasteiger charge is -2.04. The molecular formula is C10H10FN5O2. The normalized spacial score (nSPS) is 9.89. The molecule has 18 heavy (non-hydrogen) atoms. The van der Waals surface area contributed by atoms with Crippen LogP contribution in [0.3, 0.4) is 0 Å². The van der Waals surface area contributed by atoms with Gasteiger partial charge in [-0.15, -0.1) is 5.10 Å². The number of amides is 2. The van der Waals surface area contributed by atoms with Crippen molar-refractivity contribution in [1.29, 1.82) is 0 Å². The molecule has 2 amide bonds. The predicted octanol–water partition coefficient (Wildman–Crippen LogP) is 1.60. The lowest BCUT2D eigenvalue weighted by Crippen LogP contribution is -2.20. The monoisotopic (exact) mass is 251 g/mol. The number of halogens is 1. The molecule has 8 heteroatoms. The second-order valence-electron chi connectivity index (χ2n) is 3.26. The molecule has 1 heterocycles. The van der Waals surface area contributed by atoms with Crippen molar-refractivity contribution in [3.8, 4) is 6.01 Å². The highest BCUT2D eigenvalue weighted by Crippen LogP contribution is 2.09. The number of hydrogen-bond donors (Lipinski definition) is 3. The van der Waals surface area contributed by atoms with Crippen LogP contribution in [0.5, 0.6) is 6.01 Å². The largest absolute Gasteiger partial charge is 0.466 e. The highest BCUT2D eigenvalue weighted by atomic mass is 19.1. The summed E-state index contributed by atoms with van der Waals surface area (Å²) in [6.45, 7) is 0. The number of nitrogens with zero attached hydrogens (tertiary/aromatic N) is 2. The van der Waals surface area contributed by atoms with E-state index in [1.54, 1.807) is 0 Å². The third kappa shape index (κ3) is 2.94. The van der Waals surface area contributed by atoms with E-state index in [2.05, 4.69) is 25.8 Å². The highest BCUT2D eigenvalue weighted by molar-refractivity contribution is 5.98. The SMILES string of the molecule is COc1n[nH]c(NC(=O)Nc2ccc(F)cc2)n1. The van der Waals surface area contributed by atoms with Gasteiger partial charge >= 0.3 is 12.0 Å². The maximum absolute atomic E-state index is 12.6. The summed E-state index contributed by atoms with van der Waals surface area (Å²) >= 11 is 0. The average molecular weight is 251 g/mol. The smallest absolute Gasteiger partial charge is 0.336 e. The lowest BCUT2D eigenvalue weighted by molar-refractivity contribution is 0.262. The number of benzene rings is 1. The molecule has 0 spiro atoms. The summed E-state index contributed by atoms with van der Waals surface area (Å²) in [6, 6.07) is 4.96. The van der Waals surface area contributed by atoms with Crippen molar-refractivity contribution >= 4 is 17.7 Å². The first-order valence-electron chi connectivity index (χ1n) is 4.97. The van der Waals surface area contributed by atoms with Gasteiger partial charge in [0.15, 0.2) is 0 Å². The number of rotatable bonds is 3. The summed E-state index contributed by atoms with van der Waals surface area (Å²) in [7, 11) is 1.41. The Bertz CT molecular complexity index is 539. The molecular weight excluding hydrogens is 241 g/mol. The average Bonchev–Trinajstić information content (AvgIpc) is 2.79. The first-order valence-corrected chi connectivity index (χ1v) is 4.97. The van der Waals surface area contributed by atoms with Crippen LogP contribution in [0.25, 0.3) is 0 Å². The molecule has 0 bridgehead atoms. The number of ether oxygens (including phenoxy) is 1. The van der Waals surface area contributed by atoms with Crippen LogP contribution in [0.2, 0.25) is 0 Å².